The van der Waals surface area contributed by atoms with E-state index in [0.29, 0.717) is 10.2 Å². The van der Waals surface area contributed by atoms with Crippen molar-refractivity contribution < 1.29 is 9.18 Å². The van der Waals surface area contributed by atoms with Crippen molar-refractivity contribution in [3.05, 3.63) is 63.9 Å². The van der Waals surface area contributed by atoms with Crippen molar-refractivity contribution in [2.24, 2.45) is 5.10 Å². The quantitative estimate of drug-likeness (QED) is 0.238. The topological polar surface area (TPSA) is 72.2 Å². The summed E-state index contributed by atoms with van der Waals surface area (Å²) in [5.41, 5.74) is 3.46. The number of benzene rings is 2. The number of hydrazone groups is 1. The molecule has 1 N–H and O–H groups in total. The van der Waals surface area contributed by atoms with Crippen LogP contribution >= 0.6 is 35.0 Å². The number of hydrogen-bond donors (Lipinski definition) is 1. The van der Waals surface area contributed by atoms with E-state index >= 15 is 0 Å². The van der Waals surface area contributed by atoms with Crippen LogP contribution in [-0.4, -0.2) is 32.6 Å². The minimum Gasteiger partial charge on any atom is -0.299 e. The van der Waals surface area contributed by atoms with Crippen LogP contribution in [0.2, 0.25) is 10.0 Å². The highest BCUT2D eigenvalue weighted by Crippen LogP contribution is 2.35. The molecule has 10 heteroatoms. The molecule has 0 saturated heterocycles. The lowest BCUT2D eigenvalue weighted by Crippen LogP contribution is -2.21. The number of rotatable bonds is 7. The average Bonchev–Trinajstić information content (AvgIpc) is 3.24. The summed E-state index contributed by atoms with van der Waals surface area (Å²) in [6.07, 6.45) is 6.83. The molecule has 0 atom stereocenters. The van der Waals surface area contributed by atoms with E-state index in [-0.39, 0.29) is 28.3 Å². The van der Waals surface area contributed by atoms with E-state index in [4.69, 9.17) is 23.2 Å². The Morgan fingerprint density at radius 1 is 1.15 bits per heavy atom. The number of nitrogens with zero attached hydrogens (tertiary/aromatic N) is 4. The molecule has 33 heavy (non-hydrogen) atoms. The van der Waals surface area contributed by atoms with Gasteiger partial charge in [0.25, 0.3) is 5.91 Å². The summed E-state index contributed by atoms with van der Waals surface area (Å²) in [6, 6.07) is 12.1. The van der Waals surface area contributed by atoms with E-state index in [0.717, 1.165) is 37.1 Å². The van der Waals surface area contributed by atoms with E-state index in [2.05, 4.69) is 25.3 Å². The minimum absolute atomic E-state index is 0.0911. The van der Waals surface area contributed by atoms with Gasteiger partial charge in [0, 0.05) is 22.2 Å². The van der Waals surface area contributed by atoms with Gasteiger partial charge in [-0.1, -0.05) is 60.3 Å². The number of amides is 1. The van der Waals surface area contributed by atoms with Crippen molar-refractivity contribution in [2.45, 2.75) is 43.3 Å². The average molecular weight is 506 g/mol. The Morgan fingerprint density at radius 2 is 1.91 bits per heavy atom. The maximum atomic E-state index is 13.8. The van der Waals surface area contributed by atoms with Crippen molar-refractivity contribution in [3.63, 3.8) is 0 Å². The standard InChI is InChI=1S/C23H22Cl2FN5OS/c24-16-11-9-15(10-12-16)22-29-30-23(31(22)17-5-2-1-3-6-17)33-14-21(32)28-27-13-18-19(25)7-4-8-20(18)26/h4,7-13,17H,1-3,5-6,14H2,(H,28,32)/b27-13+. The lowest BCUT2D eigenvalue weighted by atomic mass is 9.95. The van der Waals surface area contributed by atoms with Gasteiger partial charge in [0.05, 0.1) is 17.0 Å². The molecular weight excluding hydrogens is 484 g/mol. The third kappa shape index (κ3) is 5.93. The smallest absolute Gasteiger partial charge is 0.250 e. The summed E-state index contributed by atoms with van der Waals surface area (Å²) in [4.78, 5) is 12.3. The van der Waals surface area contributed by atoms with Gasteiger partial charge in [-0.3, -0.25) is 9.36 Å². The van der Waals surface area contributed by atoms with Gasteiger partial charge in [-0.25, -0.2) is 9.82 Å². The normalized spacial score (nSPS) is 14.6. The van der Waals surface area contributed by atoms with E-state index in [1.165, 1.54) is 36.5 Å². The van der Waals surface area contributed by atoms with Gasteiger partial charge in [0.2, 0.25) is 0 Å². The molecule has 1 aliphatic carbocycles. The molecule has 0 aliphatic heterocycles. The molecule has 4 rings (SSSR count). The van der Waals surface area contributed by atoms with Crippen LogP contribution in [0.15, 0.2) is 52.7 Å². The Bertz CT molecular complexity index is 1130. The minimum atomic E-state index is -0.509. The second kappa shape index (κ2) is 11.1. The summed E-state index contributed by atoms with van der Waals surface area (Å²) in [5.74, 6) is 0.0159. The van der Waals surface area contributed by atoms with E-state index < -0.39 is 5.82 Å². The molecule has 1 aliphatic rings. The highest BCUT2D eigenvalue weighted by atomic mass is 35.5. The molecule has 1 amide bonds. The van der Waals surface area contributed by atoms with Gasteiger partial charge in [0.15, 0.2) is 11.0 Å². The number of nitrogens with one attached hydrogen (secondary N) is 1. The van der Waals surface area contributed by atoms with Gasteiger partial charge in [-0.2, -0.15) is 5.10 Å². The highest BCUT2D eigenvalue weighted by molar-refractivity contribution is 7.99. The number of halogens is 3. The van der Waals surface area contributed by atoms with Gasteiger partial charge in [-0.15, -0.1) is 10.2 Å². The summed E-state index contributed by atoms with van der Waals surface area (Å²) < 4.78 is 16.0. The van der Waals surface area contributed by atoms with Crippen molar-refractivity contribution >= 4 is 47.1 Å². The largest absolute Gasteiger partial charge is 0.299 e. The van der Waals surface area contributed by atoms with Crippen molar-refractivity contribution in [1.29, 1.82) is 0 Å². The van der Waals surface area contributed by atoms with Gasteiger partial charge >= 0.3 is 0 Å². The first kappa shape index (κ1) is 23.7. The molecular formula is C23H22Cl2FN5OS. The van der Waals surface area contributed by atoms with E-state index in [1.54, 1.807) is 6.07 Å². The van der Waals surface area contributed by atoms with Crippen LogP contribution in [0, 0.1) is 5.82 Å². The highest BCUT2D eigenvalue weighted by Gasteiger charge is 2.24. The maximum absolute atomic E-state index is 13.8. The third-order valence-electron chi connectivity index (χ3n) is 5.42. The first-order valence-electron chi connectivity index (χ1n) is 10.6. The Balaban J connectivity index is 1.46. The molecule has 1 aromatic heterocycles. The monoisotopic (exact) mass is 505 g/mol. The summed E-state index contributed by atoms with van der Waals surface area (Å²) in [6.45, 7) is 0. The molecule has 0 spiro atoms. The first-order valence-corrected chi connectivity index (χ1v) is 12.4. The first-order chi connectivity index (χ1) is 16.0. The maximum Gasteiger partial charge on any atom is 0.250 e. The lowest BCUT2D eigenvalue weighted by molar-refractivity contribution is -0.118. The fraction of sp³-hybridized carbons (Fsp3) is 0.304. The van der Waals surface area contributed by atoms with Crippen molar-refractivity contribution in [1.82, 2.24) is 20.2 Å². The number of hydrogen-bond acceptors (Lipinski definition) is 5. The second-order valence-corrected chi connectivity index (χ2v) is 9.48. The Labute approximate surface area is 205 Å². The molecule has 1 fully saturated rings. The fourth-order valence-electron chi connectivity index (χ4n) is 3.80. The van der Waals surface area contributed by atoms with Crippen molar-refractivity contribution in [3.8, 4) is 11.4 Å². The van der Waals surface area contributed by atoms with E-state index in [1.807, 2.05) is 24.3 Å². The van der Waals surface area contributed by atoms with Crippen molar-refractivity contribution in [2.75, 3.05) is 5.75 Å². The predicted octanol–water partition coefficient (Wildman–Crippen LogP) is 6.14. The van der Waals surface area contributed by atoms with Crippen LogP contribution in [0.5, 0.6) is 0 Å². The summed E-state index contributed by atoms with van der Waals surface area (Å²) in [5, 5.41) is 14.2. The zero-order valence-corrected chi connectivity index (χ0v) is 20.0. The Kier molecular flexibility index (Phi) is 8.01. The lowest BCUT2D eigenvalue weighted by Gasteiger charge is -2.25. The number of carbonyl (C=O) groups is 1. The second-order valence-electron chi connectivity index (χ2n) is 7.69. The summed E-state index contributed by atoms with van der Waals surface area (Å²) >= 11 is 13.3. The van der Waals surface area contributed by atoms with Crippen LogP contribution in [0.4, 0.5) is 4.39 Å². The van der Waals surface area contributed by atoms with Crippen LogP contribution < -0.4 is 5.43 Å². The summed E-state index contributed by atoms with van der Waals surface area (Å²) in [7, 11) is 0. The molecule has 2 aromatic carbocycles. The number of thioether (sulfide) groups is 1. The fourth-order valence-corrected chi connectivity index (χ4v) is 4.94. The molecule has 0 radical (unpaired) electrons. The van der Waals surface area contributed by atoms with Crippen LogP contribution in [0.1, 0.15) is 43.7 Å². The van der Waals surface area contributed by atoms with Crippen LogP contribution in [0.3, 0.4) is 0 Å². The molecule has 3 aromatic rings. The molecule has 1 saturated carbocycles. The van der Waals surface area contributed by atoms with Gasteiger partial charge < -0.3 is 0 Å². The van der Waals surface area contributed by atoms with Gasteiger partial charge in [-0.05, 0) is 49.2 Å². The molecule has 6 nitrogen and oxygen atoms in total. The zero-order chi connectivity index (χ0) is 23.2. The Hall–Kier alpha value is -2.42. The molecule has 0 bridgehead atoms. The zero-order valence-electron chi connectivity index (χ0n) is 17.7. The predicted molar refractivity (Wildman–Crippen MR) is 130 cm³/mol. The molecule has 0 unspecified atom stereocenters. The number of aromatic nitrogens is 3. The van der Waals surface area contributed by atoms with Crippen LogP contribution in [0.25, 0.3) is 11.4 Å². The van der Waals surface area contributed by atoms with Crippen LogP contribution in [-0.2, 0) is 4.79 Å². The molecule has 1 heterocycles. The molecule has 172 valence electrons. The number of carbonyl (C=O) groups excluding carboxylic acids is 1. The Morgan fingerprint density at radius 3 is 2.64 bits per heavy atom. The SMILES string of the molecule is O=C(CSc1nnc(-c2ccc(Cl)cc2)n1C1CCCCC1)N/N=C/c1c(F)cccc1Cl. The van der Waals surface area contributed by atoms with Gasteiger partial charge in [0.1, 0.15) is 5.82 Å². The third-order valence-corrected chi connectivity index (χ3v) is 6.95. The van der Waals surface area contributed by atoms with E-state index in [9.17, 15) is 9.18 Å².